The topological polar surface area (TPSA) is 50.4 Å². The summed E-state index contributed by atoms with van der Waals surface area (Å²) < 4.78 is 5.14. The minimum Gasteiger partial charge on any atom is -0.443 e. The highest BCUT2D eigenvalue weighted by Gasteiger charge is 2.16. The summed E-state index contributed by atoms with van der Waals surface area (Å²) in [6.45, 7) is 7.47. The SMILES string of the molecule is CSc1ccc(C(C)NNC(=O)OC(C)(C)C)cc1. The molecule has 0 radical (unpaired) electrons. The van der Waals surface area contributed by atoms with E-state index < -0.39 is 11.7 Å². The van der Waals surface area contributed by atoms with E-state index in [9.17, 15) is 4.79 Å². The fourth-order valence-corrected chi connectivity index (χ4v) is 1.85. The van der Waals surface area contributed by atoms with Gasteiger partial charge in [-0.1, -0.05) is 12.1 Å². The summed E-state index contributed by atoms with van der Waals surface area (Å²) in [4.78, 5) is 12.7. The predicted octanol–water partition coefficient (Wildman–Crippen LogP) is 3.50. The van der Waals surface area contributed by atoms with Crippen LogP contribution in [0.1, 0.15) is 39.3 Å². The maximum atomic E-state index is 11.5. The van der Waals surface area contributed by atoms with Crippen LogP contribution in [0.5, 0.6) is 0 Å². The number of ether oxygens (including phenoxy) is 1. The summed E-state index contributed by atoms with van der Waals surface area (Å²) in [5.41, 5.74) is 6.09. The highest BCUT2D eigenvalue weighted by atomic mass is 32.2. The molecule has 0 aromatic heterocycles. The number of thioether (sulfide) groups is 1. The number of hydrazine groups is 1. The van der Waals surface area contributed by atoms with Gasteiger partial charge in [0.2, 0.25) is 0 Å². The van der Waals surface area contributed by atoms with Crippen LogP contribution in [-0.4, -0.2) is 18.0 Å². The van der Waals surface area contributed by atoms with E-state index in [2.05, 4.69) is 23.0 Å². The first-order valence-corrected chi connectivity index (χ1v) is 7.43. The number of carbonyl (C=O) groups excluding carboxylic acids is 1. The number of hydrogen-bond donors (Lipinski definition) is 2. The van der Waals surface area contributed by atoms with E-state index in [1.165, 1.54) is 4.90 Å². The normalized spacial score (nSPS) is 12.9. The van der Waals surface area contributed by atoms with Gasteiger partial charge in [0.15, 0.2) is 0 Å². The fourth-order valence-electron chi connectivity index (χ4n) is 1.45. The molecule has 0 aliphatic rings. The van der Waals surface area contributed by atoms with Gasteiger partial charge in [-0.05, 0) is 51.6 Å². The molecule has 106 valence electrons. The van der Waals surface area contributed by atoms with Gasteiger partial charge in [-0.2, -0.15) is 0 Å². The number of rotatable bonds is 4. The Morgan fingerprint density at radius 3 is 2.32 bits per heavy atom. The van der Waals surface area contributed by atoms with Crippen LogP contribution in [0.25, 0.3) is 0 Å². The van der Waals surface area contributed by atoms with Crippen LogP contribution in [0.4, 0.5) is 4.79 Å². The van der Waals surface area contributed by atoms with Gasteiger partial charge < -0.3 is 4.74 Å². The number of benzene rings is 1. The minimum absolute atomic E-state index is 0.0171. The van der Waals surface area contributed by atoms with Crippen LogP contribution in [-0.2, 0) is 4.74 Å². The van der Waals surface area contributed by atoms with Crippen molar-refractivity contribution in [2.24, 2.45) is 0 Å². The first-order chi connectivity index (χ1) is 8.81. The van der Waals surface area contributed by atoms with Crippen molar-refractivity contribution < 1.29 is 9.53 Å². The van der Waals surface area contributed by atoms with Crippen molar-refractivity contribution in [1.82, 2.24) is 10.9 Å². The smallest absolute Gasteiger partial charge is 0.422 e. The summed E-state index contributed by atoms with van der Waals surface area (Å²) in [7, 11) is 0. The lowest BCUT2D eigenvalue weighted by Gasteiger charge is -2.21. The Morgan fingerprint density at radius 2 is 1.84 bits per heavy atom. The summed E-state index contributed by atoms with van der Waals surface area (Å²) in [6.07, 6.45) is 1.57. The first-order valence-electron chi connectivity index (χ1n) is 6.20. The van der Waals surface area contributed by atoms with Gasteiger partial charge in [0, 0.05) is 10.9 Å². The zero-order valence-electron chi connectivity index (χ0n) is 12.1. The highest BCUT2D eigenvalue weighted by Crippen LogP contribution is 2.18. The molecule has 1 unspecified atom stereocenters. The van der Waals surface area contributed by atoms with Crippen molar-refractivity contribution in [1.29, 1.82) is 0 Å². The molecule has 0 saturated carbocycles. The maximum absolute atomic E-state index is 11.5. The van der Waals surface area contributed by atoms with Crippen molar-refractivity contribution >= 4 is 17.9 Å². The zero-order valence-corrected chi connectivity index (χ0v) is 12.9. The Hall–Kier alpha value is -1.20. The van der Waals surface area contributed by atoms with Crippen LogP contribution in [0.15, 0.2) is 29.2 Å². The quantitative estimate of drug-likeness (QED) is 0.655. The molecule has 4 nitrogen and oxygen atoms in total. The molecular weight excluding hydrogens is 260 g/mol. The lowest BCUT2D eigenvalue weighted by atomic mass is 10.1. The molecule has 0 aliphatic heterocycles. The molecule has 1 atom stereocenters. The standard InChI is InChI=1S/C14H22N2O2S/c1-10(11-6-8-12(19-5)9-7-11)15-16-13(17)18-14(2,3)4/h6-10,15H,1-5H3,(H,16,17). The number of amides is 1. The van der Waals surface area contributed by atoms with Gasteiger partial charge in [-0.15, -0.1) is 11.8 Å². The minimum atomic E-state index is -0.491. The van der Waals surface area contributed by atoms with Crippen molar-refractivity contribution in [2.45, 2.75) is 44.2 Å². The number of nitrogens with one attached hydrogen (secondary N) is 2. The van der Waals surface area contributed by atoms with Crippen LogP contribution in [0.3, 0.4) is 0 Å². The maximum Gasteiger partial charge on any atom is 0.422 e. The monoisotopic (exact) mass is 282 g/mol. The second-order valence-corrected chi connectivity index (χ2v) is 6.15. The van der Waals surface area contributed by atoms with Crippen LogP contribution in [0.2, 0.25) is 0 Å². The van der Waals surface area contributed by atoms with Gasteiger partial charge in [0.25, 0.3) is 0 Å². The average Bonchev–Trinajstić information content (AvgIpc) is 2.34. The third-order valence-electron chi connectivity index (χ3n) is 2.41. The fraction of sp³-hybridized carbons (Fsp3) is 0.500. The second kappa shape index (κ2) is 6.82. The lowest BCUT2D eigenvalue weighted by Crippen LogP contribution is -2.42. The summed E-state index contributed by atoms with van der Waals surface area (Å²) in [5, 5.41) is 0. The molecule has 1 rings (SSSR count). The van der Waals surface area contributed by atoms with Gasteiger partial charge in [-0.25, -0.2) is 10.2 Å². The molecule has 19 heavy (non-hydrogen) atoms. The summed E-state index contributed by atoms with van der Waals surface area (Å²) in [5.74, 6) is 0. The average molecular weight is 282 g/mol. The van der Waals surface area contributed by atoms with Crippen molar-refractivity contribution in [3.05, 3.63) is 29.8 Å². The molecule has 0 spiro atoms. The van der Waals surface area contributed by atoms with E-state index in [1.807, 2.05) is 46.1 Å². The Bertz CT molecular complexity index is 412. The van der Waals surface area contributed by atoms with Crippen molar-refractivity contribution in [3.8, 4) is 0 Å². The van der Waals surface area contributed by atoms with E-state index in [0.29, 0.717) is 0 Å². The molecular formula is C14H22N2O2S. The zero-order chi connectivity index (χ0) is 14.5. The highest BCUT2D eigenvalue weighted by molar-refractivity contribution is 7.98. The van der Waals surface area contributed by atoms with E-state index in [-0.39, 0.29) is 6.04 Å². The van der Waals surface area contributed by atoms with E-state index >= 15 is 0 Å². The van der Waals surface area contributed by atoms with Gasteiger partial charge in [0.1, 0.15) is 5.60 Å². The van der Waals surface area contributed by atoms with Gasteiger partial charge in [0.05, 0.1) is 0 Å². The van der Waals surface area contributed by atoms with Gasteiger partial charge >= 0.3 is 6.09 Å². The largest absolute Gasteiger partial charge is 0.443 e. The van der Waals surface area contributed by atoms with E-state index in [1.54, 1.807) is 11.8 Å². The first kappa shape index (κ1) is 15.9. The van der Waals surface area contributed by atoms with Crippen LogP contribution >= 0.6 is 11.8 Å². The molecule has 1 aromatic rings. The van der Waals surface area contributed by atoms with E-state index in [0.717, 1.165) is 5.56 Å². The Balaban J connectivity index is 2.46. The lowest BCUT2D eigenvalue weighted by molar-refractivity contribution is 0.0489. The van der Waals surface area contributed by atoms with Crippen molar-refractivity contribution in [2.75, 3.05) is 6.26 Å². The molecule has 5 heteroatoms. The Morgan fingerprint density at radius 1 is 1.26 bits per heavy atom. The molecule has 1 amide bonds. The third-order valence-corrected chi connectivity index (χ3v) is 3.15. The predicted molar refractivity (Wildman–Crippen MR) is 79.1 cm³/mol. The number of hydrogen-bond acceptors (Lipinski definition) is 4. The van der Waals surface area contributed by atoms with Crippen molar-refractivity contribution in [3.63, 3.8) is 0 Å². The van der Waals surface area contributed by atoms with Crippen LogP contribution in [0, 0.1) is 0 Å². The number of carbonyl (C=O) groups is 1. The summed E-state index contributed by atoms with van der Waals surface area (Å²) in [6, 6.07) is 8.22. The second-order valence-electron chi connectivity index (χ2n) is 5.27. The molecule has 0 heterocycles. The van der Waals surface area contributed by atoms with Crippen LogP contribution < -0.4 is 10.9 Å². The van der Waals surface area contributed by atoms with E-state index in [4.69, 9.17) is 4.74 Å². The molecule has 1 aromatic carbocycles. The molecule has 2 N–H and O–H groups in total. The molecule has 0 fully saturated rings. The molecule has 0 bridgehead atoms. The Kier molecular flexibility index (Phi) is 5.69. The Labute approximate surface area is 119 Å². The molecule has 0 aliphatic carbocycles. The molecule has 0 saturated heterocycles. The third kappa shape index (κ3) is 5.98. The van der Waals surface area contributed by atoms with Gasteiger partial charge in [-0.3, -0.25) is 5.43 Å². The summed E-state index contributed by atoms with van der Waals surface area (Å²) >= 11 is 1.70.